The van der Waals surface area contributed by atoms with Crippen LogP contribution in [0.1, 0.15) is 18.9 Å². The van der Waals surface area contributed by atoms with Gasteiger partial charge in [-0.05, 0) is 36.8 Å². The van der Waals surface area contributed by atoms with Crippen molar-refractivity contribution in [1.82, 2.24) is 10.9 Å². The van der Waals surface area contributed by atoms with Crippen LogP contribution in [0.4, 0.5) is 4.39 Å². The first kappa shape index (κ1) is 13.6. The van der Waals surface area contributed by atoms with Gasteiger partial charge >= 0.3 is 0 Å². The van der Waals surface area contributed by atoms with Crippen molar-refractivity contribution in [2.24, 2.45) is 0 Å². The Balaban J connectivity index is 1.79. The number of carbonyl (C=O) groups excluding carboxylic acids is 1. The molecule has 0 aliphatic carbocycles. The fourth-order valence-corrected chi connectivity index (χ4v) is 2.34. The zero-order valence-electron chi connectivity index (χ0n) is 11.5. The predicted molar refractivity (Wildman–Crippen MR) is 76.2 cm³/mol. The van der Waals surface area contributed by atoms with Crippen molar-refractivity contribution in [3.05, 3.63) is 59.9 Å². The number of benzene rings is 2. The fourth-order valence-electron chi connectivity index (χ4n) is 2.34. The molecule has 0 spiro atoms. The lowest BCUT2D eigenvalue weighted by Gasteiger charge is -2.22. The SMILES string of the molecule is CC1(c2ccc(Oc3ccccc3F)cc2)CC(=O)NN1. The molecule has 1 aliphatic rings. The summed E-state index contributed by atoms with van der Waals surface area (Å²) < 4.78 is 19.0. The van der Waals surface area contributed by atoms with Crippen molar-refractivity contribution < 1.29 is 13.9 Å². The fraction of sp³-hybridized carbons (Fsp3) is 0.188. The first-order valence-electron chi connectivity index (χ1n) is 6.66. The number of amides is 1. The minimum absolute atomic E-state index is 0.0378. The minimum Gasteiger partial charge on any atom is -0.454 e. The van der Waals surface area contributed by atoms with Crippen LogP contribution in [0.25, 0.3) is 0 Å². The zero-order chi connectivity index (χ0) is 14.9. The molecule has 2 N–H and O–H groups in total. The molecule has 0 saturated carbocycles. The number of rotatable bonds is 3. The van der Waals surface area contributed by atoms with Crippen molar-refractivity contribution in [3.63, 3.8) is 0 Å². The number of halogens is 1. The first-order chi connectivity index (χ1) is 10.1. The minimum atomic E-state index is -0.437. The molecule has 21 heavy (non-hydrogen) atoms. The van der Waals surface area contributed by atoms with Crippen LogP contribution in [0.2, 0.25) is 0 Å². The molecular weight excluding hydrogens is 271 g/mol. The number of ether oxygens (including phenoxy) is 1. The van der Waals surface area contributed by atoms with Crippen LogP contribution in [0, 0.1) is 5.82 Å². The van der Waals surface area contributed by atoms with Crippen molar-refractivity contribution in [3.8, 4) is 11.5 Å². The lowest BCUT2D eigenvalue weighted by Crippen LogP contribution is -2.38. The molecule has 2 aromatic rings. The van der Waals surface area contributed by atoms with E-state index < -0.39 is 11.4 Å². The summed E-state index contributed by atoms with van der Waals surface area (Å²) in [5.74, 6) is 0.294. The van der Waals surface area contributed by atoms with Crippen molar-refractivity contribution in [2.45, 2.75) is 18.9 Å². The summed E-state index contributed by atoms with van der Waals surface area (Å²) >= 11 is 0. The van der Waals surface area contributed by atoms with Crippen LogP contribution in [0.5, 0.6) is 11.5 Å². The van der Waals surface area contributed by atoms with Crippen molar-refractivity contribution >= 4 is 5.91 Å². The van der Waals surface area contributed by atoms with Gasteiger partial charge in [-0.1, -0.05) is 24.3 Å². The van der Waals surface area contributed by atoms with Gasteiger partial charge in [-0.15, -0.1) is 0 Å². The Bertz CT molecular complexity index is 672. The quantitative estimate of drug-likeness (QED) is 0.912. The lowest BCUT2D eigenvalue weighted by atomic mass is 9.90. The summed E-state index contributed by atoms with van der Waals surface area (Å²) in [5, 5.41) is 0. The number of nitrogens with one attached hydrogen (secondary N) is 2. The molecule has 1 unspecified atom stereocenters. The molecule has 1 atom stereocenters. The van der Waals surface area contributed by atoms with Gasteiger partial charge < -0.3 is 4.74 Å². The largest absolute Gasteiger partial charge is 0.454 e. The molecule has 4 nitrogen and oxygen atoms in total. The number of carbonyl (C=O) groups is 1. The van der Waals surface area contributed by atoms with E-state index in [0.717, 1.165) is 5.56 Å². The molecule has 1 amide bonds. The van der Waals surface area contributed by atoms with Gasteiger partial charge in [0.05, 0.1) is 12.0 Å². The molecule has 0 aromatic heterocycles. The summed E-state index contributed by atoms with van der Waals surface area (Å²) in [6.07, 6.45) is 0.376. The summed E-state index contributed by atoms with van der Waals surface area (Å²) in [6.45, 7) is 1.94. The number of hydrogen-bond acceptors (Lipinski definition) is 3. The van der Waals surface area contributed by atoms with E-state index in [1.807, 2.05) is 19.1 Å². The number of hydrogen-bond donors (Lipinski definition) is 2. The van der Waals surface area contributed by atoms with Crippen LogP contribution in [0.3, 0.4) is 0 Å². The molecule has 3 rings (SSSR count). The molecule has 1 saturated heterocycles. The average molecular weight is 286 g/mol. The second-order valence-electron chi connectivity index (χ2n) is 5.24. The van der Waals surface area contributed by atoms with Gasteiger partial charge in [0.25, 0.3) is 0 Å². The molecule has 0 radical (unpaired) electrons. The summed E-state index contributed by atoms with van der Waals surface area (Å²) in [6, 6.07) is 13.5. The van der Waals surface area contributed by atoms with Gasteiger partial charge in [-0.25, -0.2) is 9.82 Å². The number of para-hydroxylation sites is 1. The van der Waals surface area contributed by atoms with Gasteiger partial charge in [-0.2, -0.15) is 0 Å². The molecule has 1 aliphatic heterocycles. The second kappa shape index (κ2) is 5.18. The van der Waals surface area contributed by atoms with E-state index in [1.165, 1.54) is 6.07 Å². The Labute approximate surface area is 121 Å². The third-order valence-electron chi connectivity index (χ3n) is 3.55. The lowest BCUT2D eigenvalue weighted by molar-refractivity contribution is -0.119. The first-order valence-corrected chi connectivity index (χ1v) is 6.66. The van der Waals surface area contributed by atoms with E-state index in [-0.39, 0.29) is 11.7 Å². The van der Waals surface area contributed by atoms with E-state index in [9.17, 15) is 9.18 Å². The van der Waals surface area contributed by atoms with Crippen LogP contribution in [0.15, 0.2) is 48.5 Å². The highest BCUT2D eigenvalue weighted by Gasteiger charge is 2.35. The molecule has 1 fully saturated rings. The number of hydrazine groups is 1. The Kier molecular flexibility index (Phi) is 3.35. The summed E-state index contributed by atoms with van der Waals surface area (Å²) in [4.78, 5) is 11.3. The van der Waals surface area contributed by atoms with E-state index >= 15 is 0 Å². The molecule has 1 heterocycles. The van der Waals surface area contributed by atoms with Crippen LogP contribution in [-0.4, -0.2) is 5.91 Å². The Morgan fingerprint density at radius 3 is 2.48 bits per heavy atom. The maximum Gasteiger partial charge on any atom is 0.236 e. The standard InChI is InChI=1S/C16H15FN2O2/c1-16(10-15(20)18-19-16)11-6-8-12(9-7-11)21-14-5-3-2-4-13(14)17/h2-9,19H,10H2,1H3,(H,18,20). The third-order valence-corrected chi connectivity index (χ3v) is 3.55. The second-order valence-corrected chi connectivity index (χ2v) is 5.24. The van der Waals surface area contributed by atoms with E-state index in [2.05, 4.69) is 10.9 Å². The third kappa shape index (κ3) is 2.73. The molecule has 5 heteroatoms. The predicted octanol–water partition coefficient (Wildman–Crippen LogP) is 2.86. The Morgan fingerprint density at radius 1 is 1.14 bits per heavy atom. The van der Waals surface area contributed by atoms with E-state index in [1.54, 1.807) is 30.3 Å². The van der Waals surface area contributed by atoms with Gasteiger partial charge in [0.15, 0.2) is 11.6 Å². The van der Waals surface area contributed by atoms with Crippen LogP contribution in [-0.2, 0) is 10.3 Å². The normalized spacial score (nSPS) is 21.1. The summed E-state index contributed by atoms with van der Waals surface area (Å²) in [5.41, 5.74) is 6.10. The molecule has 108 valence electrons. The molecule has 2 aromatic carbocycles. The summed E-state index contributed by atoms with van der Waals surface area (Å²) in [7, 11) is 0. The van der Waals surface area contributed by atoms with Crippen molar-refractivity contribution in [1.29, 1.82) is 0 Å². The average Bonchev–Trinajstić information content (AvgIpc) is 2.83. The topological polar surface area (TPSA) is 50.4 Å². The Morgan fingerprint density at radius 2 is 1.86 bits per heavy atom. The maximum atomic E-state index is 13.5. The van der Waals surface area contributed by atoms with Gasteiger partial charge in [0.2, 0.25) is 5.91 Å². The van der Waals surface area contributed by atoms with Gasteiger partial charge in [0, 0.05) is 0 Å². The smallest absolute Gasteiger partial charge is 0.236 e. The Hall–Kier alpha value is -2.40. The van der Waals surface area contributed by atoms with E-state index in [0.29, 0.717) is 12.2 Å². The van der Waals surface area contributed by atoms with Gasteiger partial charge in [0.1, 0.15) is 5.75 Å². The maximum absolute atomic E-state index is 13.5. The monoisotopic (exact) mass is 286 g/mol. The molecular formula is C16H15FN2O2. The van der Waals surface area contributed by atoms with Crippen molar-refractivity contribution in [2.75, 3.05) is 0 Å². The van der Waals surface area contributed by atoms with Crippen LogP contribution < -0.4 is 15.6 Å². The highest BCUT2D eigenvalue weighted by molar-refractivity contribution is 5.79. The van der Waals surface area contributed by atoms with E-state index in [4.69, 9.17) is 4.74 Å². The highest BCUT2D eigenvalue weighted by Crippen LogP contribution is 2.30. The molecule has 0 bridgehead atoms. The highest BCUT2D eigenvalue weighted by atomic mass is 19.1. The zero-order valence-corrected chi connectivity index (χ0v) is 11.5. The van der Waals surface area contributed by atoms with Gasteiger partial charge in [-0.3, -0.25) is 10.2 Å². The van der Waals surface area contributed by atoms with Crippen LogP contribution >= 0.6 is 0 Å².